The molecule has 1 atom stereocenters. The second-order valence-corrected chi connectivity index (χ2v) is 4.35. The minimum Gasteiger partial charge on any atom is -0.406 e. The SMILES string of the molecule is NC(=O)C1CC(=O)N(c2cccc(OC(F)(F)F)c2)C1. The average molecular weight is 288 g/mol. The van der Waals surface area contributed by atoms with Crippen LogP contribution in [0.1, 0.15) is 6.42 Å². The molecule has 0 bridgehead atoms. The number of hydrogen-bond acceptors (Lipinski definition) is 3. The summed E-state index contributed by atoms with van der Waals surface area (Å²) in [7, 11) is 0. The largest absolute Gasteiger partial charge is 0.573 e. The third-order valence-electron chi connectivity index (χ3n) is 2.89. The fraction of sp³-hybridized carbons (Fsp3) is 0.333. The standard InChI is InChI=1S/C12H11F3N2O3/c13-12(14,15)20-9-3-1-2-8(5-9)17-6-7(11(16)19)4-10(17)18/h1-3,5,7H,4,6H2,(H2,16,19). The molecule has 2 amide bonds. The minimum absolute atomic E-state index is 0.0420. The predicted octanol–water partition coefficient (Wildman–Crippen LogP) is 1.42. The monoisotopic (exact) mass is 288 g/mol. The number of ether oxygens (including phenoxy) is 1. The van der Waals surface area contributed by atoms with Crippen LogP contribution in [0.5, 0.6) is 5.75 Å². The molecule has 1 aromatic rings. The van der Waals surface area contributed by atoms with Gasteiger partial charge in [0.05, 0.1) is 5.92 Å². The summed E-state index contributed by atoms with van der Waals surface area (Å²) in [5.41, 5.74) is 5.36. The maximum atomic E-state index is 12.1. The van der Waals surface area contributed by atoms with Crippen molar-refractivity contribution in [1.29, 1.82) is 0 Å². The summed E-state index contributed by atoms with van der Waals surface area (Å²) < 4.78 is 40.2. The summed E-state index contributed by atoms with van der Waals surface area (Å²) in [6.07, 6.45) is -4.84. The molecule has 0 spiro atoms. The van der Waals surface area contributed by atoms with Crippen molar-refractivity contribution in [3.05, 3.63) is 24.3 Å². The molecular weight excluding hydrogens is 277 g/mol. The van der Waals surface area contributed by atoms with Crippen molar-refractivity contribution in [3.8, 4) is 5.75 Å². The van der Waals surface area contributed by atoms with Crippen LogP contribution in [-0.2, 0) is 9.59 Å². The molecule has 1 heterocycles. The lowest BCUT2D eigenvalue weighted by Crippen LogP contribution is -2.28. The van der Waals surface area contributed by atoms with E-state index in [1.54, 1.807) is 0 Å². The molecule has 5 nitrogen and oxygen atoms in total. The number of amides is 2. The van der Waals surface area contributed by atoms with Crippen molar-refractivity contribution in [2.24, 2.45) is 11.7 Å². The van der Waals surface area contributed by atoms with Gasteiger partial charge in [-0.3, -0.25) is 9.59 Å². The molecule has 0 aromatic heterocycles. The van der Waals surface area contributed by atoms with E-state index >= 15 is 0 Å². The van der Waals surface area contributed by atoms with Gasteiger partial charge in [0.2, 0.25) is 11.8 Å². The van der Waals surface area contributed by atoms with E-state index in [1.165, 1.54) is 17.0 Å². The molecule has 0 saturated carbocycles. The van der Waals surface area contributed by atoms with Crippen molar-refractivity contribution < 1.29 is 27.5 Å². The van der Waals surface area contributed by atoms with E-state index in [0.717, 1.165) is 12.1 Å². The van der Waals surface area contributed by atoms with Gasteiger partial charge < -0.3 is 15.4 Å². The van der Waals surface area contributed by atoms with Crippen molar-refractivity contribution in [2.45, 2.75) is 12.8 Å². The Bertz CT molecular complexity index is 545. The molecule has 8 heteroatoms. The number of carbonyl (C=O) groups excluding carboxylic acids is 2. The molecule has 20 heavy (non-hydrogen) atoms. The molecule has 1 aliphatic rings. The first kappa shape index (κ1) is 14.2. The fourth-order valence-corrected chi connectivity index (χ4v) is 2.00. The molecular formula is C12H11F3N2O3. The Hall–Kier alpha value is -2.25. The van der Waals surface area contributed by atoms with Gasteiger partial charge in [0.25, 0.3) is 0 Å². The van der Waals surface area contributed by atoms with Crippen LogP contribution in [0.2, 0.25) is 0 Å². The number of benzene rings is 1. The number of halogens is 3. The van der Waals surface area contributed by atoms with E-state index < -0.39 is 23.9 Å². The summed E-state index contributed by atoms with van der Waals surface area (Å²) in [5, 5.41) is 0. The van der Waals surface area contributed by atoms with Gasteiger partial charge >= 0.3 is 6.36 Å². The highest BCUT2D eigenvalue weighted by atomic mass is 19.4. The van der Waals surface area contributed by atoms with E-state index in [-0.39, 0.29) is 24.6 Å². The maximum absolute atomic E-state index is 12.1. The third kappa shape index (κ3) is 3.19. The summed E-state index contributed by atoms with van der Waals surface area (Å²) in [4.78, 5) is 24.0. The van der Waals surface area contributed by atoms with E-state index in [0.29, 0.717) is 0 Å². The van der Waals surface area contributed by atoms with Gasteiger partial charge in [0, 0.05) is 24.7 Å². The summed E-state index contributed by atoms with van der Waals surface area (Å²) >= 11 is 0. The first-order valence-corrected chi connectivity index (χ1v) is 5.72. The van der Waals surface area contributed by atoms with Crippen LogP contribution in [0.15, 0.2) is 24.3 Å². The van der Waals surface area contributed by atoms with Gasteiger partial charge in [0.1, 0.15) is 5.75 Å². The Morgan fingerprint density at radius 1 is 1.40 bits per heavy atom. The second-order valence-electron chi connectivity index (χ2n) is 4.35. The topological polar surface area (TPSA) is 72.6 Å². The highest BCUT2D eigenvalue weighted by Gasteiger charge is 2.35. The van der Waals surface area contributed by atoms with Gasteiger partial charge in [-0.2, -0.15) is 0 Å². The molecule has 1 fully saturated rings. The quantitative estimate of drug-likeness (QED) is 0.914. The molecule has 1 unspecified atom stereocenters. The van der Waals surface area contributed by atoms with Gasteiger partial charge in [-0.15, -0.1) is 13.2 Å². The van der Waals surface area contributed by atoms with Crippen molar-refractivity contribution in [3.63, 3.8) is 0 Å². The Kier molecular flexibility index (Phi) is 3.56. The second kappa shape index (κ2) is 5.03. The smallest absolute Gasteiger partial charge is 0.406 e. The van der Waals surface area contributed by atoms with E-state index in [9.17, 15) is 22.8 Å². The molecule has 0 radical (unpaired) electrons. The Morgan fingerprint density at radius 2 is 2.10 bits per heavy atom. The van der Waals surface area contributed by atoms with E-state index in [2.05, 4.69) is 4.74 Å². The highest BCUT2D eigenvalue weighted by molar-refractivity contribution is 6.00. The Morgan fingerprint density at radius 3 is 2.65 bits per heavy atom. The van der Waals surface area contributed by atoms with Crippen molar-refractivity contribution in [2.75, 3.05) is 11.4 Å². The number of primary amides is 1. The first-order valence-electron chi connectivity index (χ1n) is 5.72. The molecule has 1 aromatic carbocycles. The molecule has 1 saturated heterocycles. The lowest BCUT2D eigenvalue weighted by molar-refractivity contribution is -0.274. The number of nitrogens with two attached hydrogens (primary N) is 1. The zero-order valence-electron chi connectivity index (χ0n) is 10.2. The number of hydrogen-bond donors (Lipinski definition) is 1. The van der Waals surface area contributed by atoms with Gasteiger partial charge in [-0.05, 0) is 12.1 Å². The summed E-state index contributed by atoms with van der Waals surface area (Å²) in [5.74, 6) is -2.03. The highest BCUT2D eigenvalue weighted by Crippen LogP contribution is 2.30. The van der Waals surface area contributed by atoms with Crippen LogP contribution >= 0.6 is 0 Å². The number of alkyl halides is 3. The van der Waals surface area contributed by atoms with E-state index in [1.807, 2.05) is 0 Å². The maximum Gasteiger partial charge on any atom is 0.573 e. The number of rotatable bonds is 3. The van der Waals surface area contributed by atoms with Crippen LogP contribution < -0.4 is 15.4 Å². The lowest BCUT2D eigenvalue weighted by Gasteiger charge is -2.17. The van der Waals surface area contributed by atoms with Crippen LogP contribution in [0.3, 0.4) is 0 Å². The van der Waals surface area contributed by atoms with Crippen molar-refractivity contribution >= 4 is 17.5 Å². The Labute approximate surface area is 112 Å². The molecule has 0 aliphatic carbocycles. The molecule has 108 valence electrons. The zero-order chi connectivity index (χ0) is 14.9. The average Bonchev–Trinajstić information content (AvgIpc) is 2.69. The zero-order valence-corrected chi connectivity index (χ0v) is 10.2. The fourth-order valence-electron chi connectivity index (χ4n) is 2.00. The normalized spacial score (nSPS) is 19.2. The van der Waals surface area contributed by atoms with Gasteiger partial charge in [-0.1, -0.05) is 6.07 Å². The van der Waals surface area contributed by atoms with Crippen LogP contribution in [0.25, 0.3) is 0 Å². The number of carbonyl (C=O) groups is 2. The number of anilines is 1. The number of nitrogens with zero attached hydrogens (tertiary/aromatic N) is 1. The molecule has 2 N–H and O–H groups in total. The van der Waals surface area contributed by atoms with Crippen LogP contribution in [0.4, 0.5) is 18.9 Å². The van der Waals surface area contributed by atoms with Crippen molar-refractivity contribution in [1.82, 2.24) is 0 Å². The van der Waals surface area contributed by atoms with Crippen LogP contribution in [0, 0.1) is 5.92 Å². The third-order valence-corrected chi connectivity index (χ3v) is 2.89. The molecule has 1 aliphatic heterocycles. The van der Waals surface area contributed by atoms with Gasteiger partial charge in [0.15, 0.2) is 0 Å². The summed E-state index contributed by atoms with van der Waals surface area (Å²) in [6.45, 7) is 0.0592. The lowest BCUT2D eigenvalue weighted by atomic mass is 10.1. The first-order chi connectivity index (χ1) is 9.26. The Balaban J connectivity index is 2.19. The summed E-state index contributed by atoms with van der Waals surface area (Å²) in [6, 6.07) is 5.02. The predicted molar refractivity (Wildman–Crippen MR) is 62.8 cm³/mol. The molecule has 2 rings (SSSR count). The van der Waals surface area contributed by atoms with Crippen LogP contribution in [-0.4, -0.2) is 24.7 Å². The van der Waals surface area contributed by atoms with E-state index in [4.69, 9.17) is 5.73 Å². The van der Waals surface area contributed by atoms with Gasteiger partial charge in [-0.25, -0.2) is 0 Å². The minimum atomic E-state index is -4.80.